The Morgan fingerprint density at radius 3 is 2.47 bits per heavy atom. The fourth-order valence-corrected chi connectivity index (χ4v) is 1.65. The molecule has 6 heteroatoms. The van der Waals surface area contributed by atoms with Crippen LogP contribution in [0.5, 0.6) is 0 Å². The Kier molecular flexibility index (Phi) is 14.8. The largest absolute Gasteiger partial charge is 0.465 e. The van der Waals surface area contributed by atoms with Crippen LogP contribution in [0, 0.1) is 5.92 Å². The van der Waals surface area contributed by atoms with E-state index in [1.54, 1.807) is 6.66 Å². The standard InChI is InChI=1S/C11H23O4P.Mo/c1-4-5-6-7-11(12)14-8-10(2)9-15-16(3)13;/h10,16H,4-9H2,1-3H3;. The van der Waals surface area contributed by atoms with E-state index in [9.17, 15) is 9.36 Å². The summed E-state index contributed by atoms with van der Waals surface area (Å²) in [6, 6.07) is 0. The molecule has 4 nitrogen and oxygen atoms in total. The zero-order chi connectivity index (χ0) is 12.4. The number of carbonyl (C=O) groups is 1. The zero-order valence-electron chi connectivity index (χ0n) is 10.9. The van der Waals surface area contributed by atoms with E-state index in [0.29, 0.717) is 19.6 Å². The molecule has 0 aromatic carbocycles. The van der Waals surface area contributed by atoms with Gasteiger partial charge in [0.2, 0.25) is 0 Å². The zero-order valence-corrected chi connectivity index (χ0v) is 13.9. The van der Waals surface area contributed by atoms with Crippen LogP contribution in [-0.2, 0) is 39.7 Å². The van der Waals surface area contributed by atoms with Crippen LogP contribution in [0.4, 0.5) is 0 Å². The van der Waals surface area contributed by atoms with Gasteiger partial charge in [-0.05, 0) is 6.42 Å². The molecule has 0 aliphatic carbocycles. The molecule has 0 N–H and O–H groups in total. The second-order valence-corrected chi connectivity index (χ2v) is 5.32. The van der Waals surface area contributed by atoms with Gasteiger partial charge in [-0.15, -0.1) is 0 Å². The van der Waals surface area contributed by atoms with Gasteiger partial charge in [0, 0.05) is 40.1 Å². The van der Waals surface area contributed by atoms with Crippen LogP contribution in [0.15, 0.2) is 0 Å². The Labute approximate surface area is 119 Å². The molecule has 0 radical (unpaired) electrons. The number of ether oxygens (including phenoxy) is 1. The number of rotatable bonds is 9. The molecule has 0 aliphatic rings. The molecule has 0 saturated heterocycles. The molecule has 0 spiro atoms. The van der Waals surface area contributed by atoms with Gasteiger partial charge in [0.1, 0.15) is 0 Å². The van der Waals surface area contributed by atoms with Gasteiger partial charge in [0.15, 0.2) is 8.03 Å². The predicted octanol–water partition coefficient (Wildman–Crippen LogP) is 2.86. The Hall–Kier alpha value is 0.348. The van der Waals surface area contributed by atoms with Crippen LogP contribution in [0.25, 0.3) is 0 Å². The first-order valence-electron chi connectivity index (χ1n) is 5.85. The first kappa shape index (κ1) is 19.7. The normalized spacial score (nSPS) is 13.6. The fourth-order valence-electron chi connectivity index (χ4n) is 1.13. The van der Waals surface area contributed by atoms with Crippen molar-refractivity contribution < 1.29 is 39.7 Å². The third-order valence-corrected chi connectivity index (χ3v) is 2.66. The van der Waals surface area contributed by atoms with Crippen LogP contribution in [0.1, 0.15) is 39.5 Å². The van der Waals surface area contributed by atoms with Gasteiger partial charge in [0.05, 0.1) is 13.2 Å². The molecule has 0 amide bonds. The van der Waals surface area contributed by atoms with Gasteiger partial charge in [0.25, 0.3) is 0 Å². The summed E-state index contributed by atoms with van der Waals surface area (Å²) in [4.78, 5) is 11.2. The molecule has 0 rings (SSSR count). The average Bonchev–Trinajstić information content (AvgIpc) is 2.24. The molecule has 102 valence electrons. The molecule has 2 unspecified atom stereocenters. The van der Waals surface area contributed by atoms with Gasteiger partial charge in [-0.1, -0.05) is 26.7 Å². The van der Waals surface area contributed by atoms with Gasteiger partial charge >= 0.3 is 5.97 Å². The van der Waals surface area contributed by atoms with E-state index in [-0.39, 0.29) is 33.0 Å². The summed E-state index contributed by atoms with van der Waals surface area (Å²) in [6.45, 7) is 6.28. The van der Waals surface area contributed by atoms with Crippen LogP contribution in [0.2, 0.25) is 0 Å². The van der Waals surface area contributed by atoms with E-state index in [2.05, 4.69) is 6.92 Å². The maximum Gasteiger partial charge on any atom is 0.305 e. The predicted molar refractivity (Wildman–Crippen MR) is 65.1 cm³/mol. The van der Waals surface area contributed by atoms with Gasteiger partial charge in [-0.3, -0.25) is 9.36 Å². The molecule has 2 atom stereocenters. The van der Waals surface area contributed by atoms with Gasteiger partial charge in [-0.25, -0.2) is 0 Å². The molecule has 0 bridgehead atoms. The first-order chi connectivity index (χ1) is 7.56. The van der Waals surface area contributed by atoms with E-state index >= 15 is 0 Å². The smallest absolute Gasteiger partial charge is 0.305 e. The SMILES string of the molecule is CCCCCC(=O)OCC(C)CO[PH](C)=O.[Mo]. The Morgan fingerprint density at radius 1 is 1.29 bits per heavy atom. The fraction of sp³-hybridized carbons (Fsp3) is 0.909. The second kappa shape index (κ2) is 12.8. The van der Waals surface area contributed by atoms with Crippen molar-refractivity contribution in [2.45, 2.75) is 39.5 Å². The summed E-state index contributed by atoms with van der Waals surface area (Å²) in [5.74, 6) is -0.0477. The molecule has 17 heavy (non-hydrogen) atoms. The Morgan fingerprint density at radius 2 is 1.94 bits per heavy atom. The Balaban J connectivity index is 0. The molecule has 0 aromatic rings. The summed E-state index contributed by atoms with van der Waals surface area (Å²) in [7, 11) is -1.88. The topological polar surface area (TPSA) is 52.6 Å². The van der Waals surface area contributed by atoms with E-state index in [1.165, 1.54) is 0 Å². The van der Waals surface area contributed by atoms with Crippen molar-refractivity contribution in [3.63, 3.8) is 0 Å². The maximum atomic E-state index is 11.2. The minimum atomic E-state index is -1.88. The monoisotopic (exact) mass is 348 g/mol. The average molecular weight is 346 g/mol. The van der Waals surface area contributed by atoms with Crippen molar-refractivity contribution in [3.05, 3.63) is 0 Å². The summed E-state index contributed by atoms with van der Waals surface area (Å²) in [5.41, 5.74) is 0. The van der Waals surface area contributed by atoms with Gasteiger partial charge < -0.3 is 9.26 Å². The van der Waals surface area contributed by atoms with Crippen molar-refractivity contribution in [1.29, 1.82) is 0 Å². The molecule has 0 aromatic heterocycles. The maximum absolute atomic E-state index is 11.2. The van der Waals surface area contributed by atoms with Crippen molar-refractivity contribution >= 4 is 14.0 Å². The van der Waals surface area contributed by atoms with Crippen LogP contribution < -0.4 is 0 Å². The molecule has 0 aliphatic heterocycles. The Bertz CT molecular complexity index is 224. The molecule has 0 heterocycles. The first-order valence-corrected chi connectivity index (χ1v) is 7.66. The van der Waals surface area contributed by atoms with E-state index in [0.717, 1.165) is 19.3 Å². The number of carbonyl (C=O) groups excluding carboxylic acids is 1. The quantitative estimate of drug-likeness (QED) is 0.279. The minimum absolute atomic E-state index is 0. The summed E-state index contributed by atoms with van der Waals surface area (Å²) < 4.78 is 20.8. The third-order valence-electron chi connectivity index (χ3n) is 2.08. The van der Waals surface area contributed by atoms with E-state index < -0.39 is 8.03 Å². The van der Waals surface area contributed by atoms with Crippen molar-refractivity contribution in [2.75, 3.05) is 19.9 Å². The molecular weight excluding hydrogens is 323 g/mol. The molecular formula is C11H23MoO4P. The van der Waals surface area contributed by atoms with E-state index in [1.807, 2.05) is 6.92 Å². The van der Waals surface area contributed by atoms with Crippen molar-refractivity contribution in [2.24, 2.45) is 5.92 Å². The molecule has 0 saturated carbocycles. The van der Waals surface area contributed by atoms with Crippen molar-refractivity contribution in [1.82, 2.24) is 0 Å². The van der Waals surface area contributed by atoms with Crippen molar-refractivity contribution in [3.8, 4) is 0 Å². The number of hydrogen-bond acceptors (Lipinski definition) is 4. The number of esters is 1. The minimum Gasteiger partial charge on any atom is -0.465 e. The van der Waals surface area contributed by atoms with Crippen LogP contribution >= 0.6 is 8.03 Å². The number of hydrogen-bond donors (Lipinski definition) is 0. The number of unbranched alkanes of at least 4 members (excludes halogenated alkanes) is 2. The van der Waals surface area contributed by atoms with E-state index in [4.69, 9.17) is 9.26 Å². The second-order valence-electron chi connectivity index (χ2n) is 4.05. The summed E-state index contributed by atoms with van der Waals surface area (Å²) in [5, 5.41) is 0. The van der Waals surface area contributed by atoms with Gasteiger partial charge in [-0.2, -0.15) is 0 Å². The van der Waals surface area contributed by atoms with Crippen LogP contribution in [-0.4, -0.2) is 25.8 Å². The third kappa shape index (κ3) is 14.3. The summed E-state index contributed by atoms with van der Waals surface area (Å²) in [6.07, 6.45) is 3.54. The van der Waals surface area contributed by atoms with Crippen LogP contribution in [0.3, 0.4) is 0 Å². The summed E-state index contributed by atoms with van der Waals surface area (Å²) >= 11 is 0. The molecule has 0 fully saturated rings.